The van der Waals surface area contributed by atoms with Gasteiger partial charge < -0.3 is 0 Å². The van der Waals surface area contributed by atoms with Crippen LogP contribution in [0.4, 0.5) is 23.2 Å². The third kappa shape index (κ3) is 3.68. The maximum Gasteiger partial charge on any atom is 0.320 e. The summed E-state index contributed by atoms with van der Waals surface area (Å²) in [5.41, 5.74) is -1.74. The van der Waals surface area contributed by atoms with Crippen LogP contribution in [0.3, 0.4) is 0 Å². The highest BCUT2D eigenvalue weighted by Crippen LogP contribution is 2.26. The Hall–Kier alpha value is -2.26. The van der Waals surface area contributed by atoms with Gasteiger partial charge in [0.25, 0.3) is 5.69 Å². The number of alkyl halides is 4. The molecule has 7 nitrogen and oxygen atoms in total. The Morgan fingerprint density at radius 3 is 2.45 bits per heavy atom. The van der Waals surface area contributed by atoms with Crippen LogP contribution in [0.5, 0.6) is 0 Å². The number of hydrogen-bond acceptors (Lipinski definition) is 5. The van der Waals surface area contributed by atoms with Crippen molar-refractivity contribution < 1.29 is 30.9 Å². The van der Waals surface area contributed by atoms with Gasteiger partial charge in [0.2, 0.25) is 10.0 Å². The largest absolute Gasteiger partial charge is 0.320 e. The molecule has 1 N–H and O–H groups in total. The Labute approximate surface area is 121 Å². The molecule has 120 valence electrons. The third-order valence-corrected chi connectivity index (χ3v) is 3.86. The van der Waals surface area contributed by atoms with Gasteiger partial charge in [-0.25, -0.2) is 21.9 Å². The smallest absolute Gasteiger partial charge is 0.258 e. The van der Waals surface area contributed by atoms with Gasteiger partial charge in [0.1, 0.15) is 16.5 Å². The topological polar surface area (TPSA) is 113 Å². The van der Waals surface area contributed by atoms with E-state index in [1.807, 2.05) is 0 Å². The monoisotopic (exact) mass is 341 g/mol. The van der Waals surface area contributed by atoms with Crippen LogP contribution in [-0.4, -0.2) is 32.2 Å². The number of nitriles is 1. The van der Waals surface area contributed by atoms with Crippen molar-refractivity contribution in [3.8, 4) is 6.07 Å². The fourth-order valence-electron chi connectivity index (χ4n) is 1.35. The molecule has 0 heterocycles. The Morgan fingerprint density at radius 2 is 2.00 bits per heavy atom. The second kappa shape index (κ2) is 6.24. The highest BCUT2D eigenvalue weighted by Gasteiger charge is 2.42. The molecule has 0 bridgehead atoms. The molecule has 0 radical (unpaired) electrons. The number of hydrogen-bond donors (Lipinski definition) is 1. The lowest BCUT2D eigenvalue weighted by Crippen LogP contribution is -2.41. The van der Waals surface area contributed by atoms with E-state index in [2.05, 4.69) is 0 Å². The average Bonchev–Trinajstić information content (AvgIpc) is 2.44. The number of rotatable bonds is 6. The van der Waals surface area contributed by atoms with Crippen LogP contribution in [0.2, 0.25) is 0 Å². The molecule has 1 rings (SSSR count). The molecule has 0 saturated heterocycles. The van der Waals surface area contributed by atoms with Crippen LogP contribution >= 0.6 is 0 Å². The minimum absolute atomic E-state index is 0.758. The van der Waals surface area contributed by atoms with Crippen LogP contribution in [0.15, 0.2) is 23.1 Å². The van der Waals surface area contributed by atoms with Gasteiger partial charge in [-0.2, -0.15) is 14.0 Å². The summed E-state index contributed by atoms with van der Waals surface area (Å²) in [7, 11) is -4.82. The molecule has 0 atom stereocenters. The summed E-state index contributed by atoms with van der Waals surface area (Å²) in [6, 6.07) is 3.79. The maximum atomic E-state index is 12.7. The predicted molar refractivity (Wildman–Crippen MR) is 64.0 cm³/mol. The van der Waals surface area contributed by atoms with Crippen LogP contribution in [0.25, 0.3) is 0 Å². The van der Waals surface area contributed by atoms with Crippen molar-refractivity contribution in [2.45, 2.75) is 17.2 Å². The van der Waals surface area contributed by atoms with E-state index in [1.54, 1.807) is 0 Å². The number of nitro groups is 1. The standard InChI is InChI=1S/C10H7F4N3O4S/c11-9(12)10(13,14)5-16-22(20,21)8-3-1-2-7(17(18)19)6(8)4-15/h1-3,9,16H,5H2. The van der Waals surface area contributed by atoms with E-state index in [0.29, 0.717) is 0 Å². The van der Waals surface area contributed by atoms with E-state index in [-0.39, 0.29) is 0 Å². The zero-order chi connectivity index (χ0) is 17.1. The molecule has 1 aromatic rings. The second-order valence-electron chi connectivity index (χ2n) is 3.91. The van der Waals surface area contributed by atoms with Gasteiger partial charge in [-0.1, -0.05) is 6.07 Å². The Morgan fingerprint density at radius 1 is 1.41 bits per heavy atom. The first-order chi connectivity index (χ1) is 10.0. The van der Waals surface area contributed by atoms with Crippen molar-refractivity contribution in [1.82, 2.24) is 4.72 Å². The van der Waals surface area contributed by atoms with Gasteiger partial charge in [0.15, 0.2) is 0 Å². The zero-order valence-corrected chi connectivity index (χ0v) is 11.3. The van der Waals surface area contributed by atoms with Gasteiger partial charge in [-0.15, -0.1) is 0 Å². The normalized spacial score (nSPS) is 12.2. The first kappa shape index (κ1) is 17.8. The SMILES string of the molecule is N#Cc1c([N+](=O)[O-])cccc1S(=O)(=O)NCC(F)(F)C(F)F. The molecule has 0 fully saturated rings. The van der Waals surface area contributed by atoms with Crippen molar-refractivity contribution >= 4 is 15.7 Å². The number of halogens is 4. The van der Waals surface area contributed by atoms with Crippen LogP contribution in [0, 0.1) is 21.4 Å². The minimum atomic E-state index is -4.82. The molecular formula is C10H7F4N3O4S. The van der Waals surface area contributed by atoms with E-state index in [4.69, 9.17) is 5.26 Å². The van der Waals surface area contributed by atoms with Crippen molar-refractivity contribution in [2.75, 3.05) is 6.54 Å². The summed E-state index contributed by atoms with van der Waals surface area (Å²) < 4.78 is 74.2. The molecule has 0 aliphatic carbocycles. The van der Waals surface area contributed by atoms with Gasteiger partial charge >= 0.3 is 12.3 Å². The number of nitrogens with one attached hydrogen (secondary N) is 1. The van der Waals surface area contributed by atoms with Crippen LogP contribution < -0.4 is 4.72 Å². The van der Waals surface area contributed by atoms with Gasteiger partial charge in [0, 0.05) is 6.07 Å². The van der Waals surface area contributed by atoms with Crippen LogP contribution in [0.1, 0.15) is 5.56 Å². The molecular weight excluding hydrogens is 334 g/mol. The lowest BCUT2D eigenvalue weighted by Gasteiger charge is -2.16. The molecule has 22 heavy (non-hydrogen) atoms. The summed E-state index contributed by atoms with van der Waals surface area (Å²) in [5, 5.41) is 19.5. The lowest BCUT2D eigenvalue weighted by atomic mass is 10.2. The first-order valence-corrected chi connectivity index (χ1v) is 6.84. The predicted octanol–water partition coefficient (Wildman–Crippen LogP) is 1.65. The fourth-order valence-corrected chi connectivity index (χ4v) is 2.57. The minimum Gasteiger partial charge on any atom is -0.258 e. The average molecular weight is 341 g/mol. The number of nitrogens with zero attached hydrogens (tertiary/aromatic N) is 2. The van der Waals surface area contributed by atoms with E-state index in [1.165, 1.54) is 10.8 Å². The summed E-state index contributed by atoms with van der Waals surface area (Å²) >= 11 is 0. The molecule has 0 spiro atoms. The molecule has 0 amide bonds. The van der Waals surface area contributed by atoms with E-state index in [9.17, 15) is 36.1 Å². The van der Waals surface area contributed by atoms with Crippen molar-refractivity contribution in [1.29, 1.82) is 5.26 Å². The van der Waals surface area contributed by atoms with E-state index in [0.717, 1.165) is 18.2 Å². The van der Waals surface area contributed by atoms with Crippen molar-refractivity contribution in [2.24, 2.45) is 0 Å². The highest BCUT2D eigenvalue weighted by atomic mass is 32.2. The van der Waals surface area contributed by atoms with E-state index < -0.39 is 50.0 Å². The Kier molecular flexibility index (Phi) is 5.05. The fraction of sp³-hybridized carbons (Fsp3) is 0.300. The Bertz CT molecular complexity index is 730. The quantitative estimate of drug-likeness (QED) is 0.480. The van der Waals surface area contributed by atoms with Gasteiger partial charge in [0.05, 0.1) is 11.5 Å². The summed E-state index contributed by atoms with van der Waals surface area (Å²) in [6.07, 6.45) is -4.10. The zero-order valence-electron chi connectivity index (χ0n) is 10.5. The third-order valence-electron chi connectivity index (χ3n) is 2.42. The number of sulfonamides is 1. The second-order valence-corrected chi connectivity index (χ2v) is 5.64. The lowest BCUT2D eigenvalue weighted by molar-refractivity contribution is -0.385. The molecule has 1 aromatic carbocycles. The molecule has 0 saturated carbocycles. The number of nitro benzene ring substituents is 1. The molecule has 0 aliphatic heterocycles. The summed E-state index contributed by atoms with van der Waals surface area (Å²) in [4.78, 5) is 8.70. The first-order valence-electron chi connectivity index (χ1n) is 5.36. The Balaban J connectivity index is 3.23. The van der Waals surface area contributed by atoms with Gasteiger partial charge in [-0.3, -0.25) is 10.1 Å². The van der Waals surface area contributed by atoms with Crippen molar-refractivity contribution in [3.05, 3.63) is 33.9 Å². The summed E-state index contributed by atoms with van der Waals surface area (Å²) in [6.45, 7) is -1.92. The molecule has 0 aliphatic rings. The highest BCUT2D eigenvalue weighted by molar-refractivity contribution is 7.89. The van der Waals surface area contributed by atoms with Crippen molar-refractivity contribution in [3.63, 3.8) is 0 Å². The van der Waals surface area contributed by atoms with E-state index >= 15 is 0 Å². The maximum absolute atomic E-state index is 12.7. The van der Waals surface area contributed by atoms with Crippen LogP contribution in [-0.2, 0) is 10.0 Å². The summed E-state index contributed by atoms with van der Waals surface area (Å²) in [5.74, 6) is -4.62. The van der Waals surface area contributed by atoms with Gasteiger partial charge in [-0.05, 0) is 6.07 Å². The number of benzene rings is 1. The molecule has 0 unspecified atom stereocenters. The molecule has 0 aromatic heterocycles. The molecule has 12 heteroatoms.